The van der Waals surface area contributed by atoms with Crippen LogP contribution >= 0.6 is 0 Å². The molecule has 0 bridgehead atoms. The number of amides is 1. The average Bonchev–Trinajstić information content (AvgIpc) is 2.42. The first kappa shape index (κ1) is 17.5. The third-order valence-electron chi connectivity index (χ3n) is 3.27. The van der Waals surface area contributed by atoms with E-state index in [1.54, 1.807) is 6.92 Å². The van der Waals surface area contributed by atoms with Gasteiger partial charge in [-0.25, -0.2) is 0 Å². The van der Waals surface area contributed by atoms with Crippen LogP contribution in [0.4, 0.5) is 0 Å². The first-order chi connectivity index (χ1) is 9.84. The molecule has 4 nitrogen and oxygen atoms in total. The fourth-order valence-corrected chi connectivity index (χ4v) is 1.89. The van der Waals surface area contributed by atoms with Crippen molar-refractivity contribution >= 4 is 5.91 Å². The Bertz CT molecular complexity index is 452. The number of rotatable bonds is 7. The summed E-state index contributed by atoms with van der Waals surface area (Å²) < 4.78 is 5.71. The molecular formula is C17H27NO3. The fourth-order valence-electron chi connectivity index (χ4n) is 1.89. The number of unbranched alkanes of at least 4 members (excludes halogenated alkanes) is 1. The maximum atomic E-state index is 11.9. The van der Waals surface area contributed by atoms with Crippen LogP contribution in [0.25, 0.3) is 0 Å². The van der Waals surface area contributed by atoms with Crippen molar-refractivity contribution in [3.05, 3.63) is 29.8 Å². The third kappa shape index (κ3) is 6.17. The summed E-state index contributed by atoms with van der Waals surface area (Å²) in [6.45, 7) is 8.89. The first-order valence-corrected chi connectivity index (χ1v) is 7.50. The normalized spacial score (nSPS) is 12.8. The van der Waals surface area contributed by atoms with E-state index >= 15 is 0 Å². The van der Waals surface area contributed by atoms with E-state index in [9.17, 15) is 4.79 Å². The lowest BCUT2D eigenvalue weighted by Gasteiger charge is -2.21. The van der Waals surface area contributed by atoms with Gasteiger partial charge in [-0.05, 0) is 42.9 Å². The number of carbonyl (C=O) groups excluding carboxylic acids is 1. The van der Waals surface area contributed by atoms with Gasteiger partial charge in [0, 0.05) is 13.2 Å². The zero-order valence-corrected chi connectivity index (χ0v) is 13.5. The predicted octanol–water partition coefficient (Wildman–Crippen LogP) is 2.64. The Morgan fingerprint density at radius 1 is 1.33 bits per heavy atom. The minimum atomic E-state index is -0.533. The molecule has 21 heavy (non-hydrogen) atoms. The topological polar surface area (TPSA) is 58.6 Å². The molecule has 0 radical (unpaired) electrons. The van der Waals surface area contributed by atoms with E-state index < -0.39 is 6.10 Å². The standard InChI is InChI=1S/C17H27NO3/c1-13(16(20)18-10-5-6-11-19)21-15-9-7-8-14(12-15)17(2,3)4/h7-9,12-13,19H,5-6,10-11H2,1-4H3,(H,18,20)/t13-/m1/s1. The summed E-state index contributed by atoms with van der Waals surface area (Å²) in [5.74, 6) is 0.578. The number of hydrogen-bond donors (Lipinski definition) is 2. The molecular weight excluding hydrogens is 266 g/mol. The lowest BCUT2D eigenvalue weighted by molar-refractivity contribution is -0.127. The van der Waals surface area contributed by atoms with Crippen molar-refractivity contribution in [3.8, 4) is 5.75 Å². The van der Waals surface area contributed by atoms with Gasteiger partial charge < -0.3 is 15.2 Å². The molecule has 1 atom stereocenters. The molecule has 4 heteroatoms. The van der Waals surface area contributed by atoms with Crippen molar-refractivity contribution in [2.45, 2.75) is 52.1 Å². The van der Waals surface area contributed by atoms with Crippen LogP contribution in [0, 0.1) is 0 Å². The Hall–Kier alpha value is -1.55. The highest BCUT2D eigenvalue weighted by Gasteiger charge is 2.17. The maximum absolute atomic E-state index is 11.9. The molecule has 0 aliphatic heterocycles. The predicted molar refractivity (Wildman–Crippen MR) is 84.6 cm³/mol. The molecule has 0 unspecified atom stereocenters. The van der Waals surface area contributed by atoms with Crippen LogP contribution in [0.5, 0.6) is 5.75 Å². The van der Waals surface area contributed by atoms with Crippen molar-refractivity contribution < 1.29 is 14.6 Å². The maximum Gasteiger partial charge on any atom is 0.260 e. The third-order valence-corrected chi connectivity index (χ3v) is 3.27. The molecule has 0 aliphatic carbocycles. The lowest BCUT2D eigenvalue weighted by Crippen LogP contribution is -2.36. The number of aliphatic hydroxyl groups excluding tert-OH is 1. The van der Waals surface area contributed by atoms with E-state index in [0.29, 0.717) is 18.7 Å². The number of hydrogen-bond acceptors (Lipinski definition) is 3. The Labute approximate surface area is 127 Å². The van der Waals surface area contributed by atoms with Gasteiger partial charge in [-0.1, -0.05) is 32.9 Å². The van der Waals surface area contributed by atoms with Crippen molar-refractivity contribution in [1.82, 2.24) is 5.32 Å². The molecule has 1 aromatic rings. The van der Waals surface area contributed by atoms with Crippen molar-refractivity contribution in [2.24, 2.45) is 0 Å². The number of ether oxygens (including phenoxy) is 1. The summed E-state index contributed by atoms with van der Waals surface area (Å²) in [5.41, 5.74) is 1.23. The SMILES string of the molecule is C[C@@H](Oc1cccc(C(C)(C)C)c1)C(=O)NCCCCO. The Morgan fingerprint density at radius 3 is 2.67 bits per heavy atom. The zero-order chi connectivity index (χ0) is 15.9. The van der Waals surface area contributed by atoms with Gasteiger partial charge in [-0.3, -0.25) is 4.79 Å². The van der Waals surface area contributed by atoms with Crippen molar-refractivity contribution in [3.63, 3.8) is 0 Å². The minimum Gasteiger partial charge on any atom is -0.481 e. The van der Waals surface area contributed by atoms with Gasteiger partial charge in [0.05, 0.1) is 0 Å². The summed E-state index contributed by atoms with van der Waals surface area (Å²) in [7, 11) is 0. The molecule has 1 amide bonds. The highest BCUT2D eigenvalue weighted by Crippen LogP contribution is 2.26. The lowest BCUT2D eigenvalue weighted by atomic mass is 9.87. The molecule has 118 valence electrons. The first-order valence-electron chi connectivity index (χ1n) is 7.50. The summed E-state index contributed by atoms with van der Waals surface area (Å²) in [6, 6.07) is 7.86. The monoisotopic (exact) mass is 293 g/mol. The molecule has 0 heterocycles. The van der Waals surface area contributed by atoms with Crippen molar-refractivity contribution in [2.75, 3.05) is 13.2 Å². The van der Waals surface area contributed by atoms with Gasteiger partial charge in [0.2, 0.25) is 0 Å². The van der Waals surface area contributed by atoms with Crippen molar-refractivity contribution in [1.29, 1.82) is 0 Å². The second-order valence-electron chi connectivity index (χ2n) is 6.26. The van der Waals surface area contributed by atoms with Gasteiger partial charge in [-0.2, -0.15) is 0 Å². The quantitative estimate of drug-likeness (QED) is 0.760. The highest BCUT2D eigenvalue weighted by atomic mass is 16.5. The number of nitrogens with one attached hydrogen (secondary N) is 1. The second kappa shape index (κ2) is 8.03. The van der Waals surface area contributed by atoms with Crippen LogP contribution in [-0.2, 0) is 10.2 Å². The minimum absolute atomic E-state index is 0.0508. The Kier molecular flexibility index (Phi) is 6.69. The zero-order valence-electron chi connectivity index (χ0n) is 13.5. The molecule has 2 N–H and O–H groups in total. The van der Waals surface area contributed by atoms with Crippen LogP contribution in [0.3, 0.4) is 0 Å². The van der Waals surface area contributed by atoms with Gasteiger partial charge in [0.1, 0.15) is 5.75 Å². The molecule has 1 aromatic carbocycles. The smallest absolute Gasteiger partial charge is 0.260 e. The second-order valence-corrected chi connectivity index (χ2v) is 6.26. The molecule has 0 aromatic heterocycles. The van der Waals surface area contributed by atoms with E-state index in [1.807, 2.05) is 18.2 Å². The van der Waals surface area contributed by atoms with Crippen LogP contribution in [0.2, 0.25) is 0 Å². The molecule has 0 fully saturated rings. The van der Waals surface area contributed by atoms with Crippen LogP contribution in [0.1, 0.15) is 46.1 Å². The summed E-state index contributed by atoms with van der Waals surface area (Å²) in [6.07, 6.45) is 0.937. The van der Waals surface area contributed by atoms with Gasteiger partial charge in [0.15, 0.2) is 6.10 Å². The summed E-state index contributed by atoms with van der Waals surface area (Å²) in [4.78, 5) is 11.9. The summed E-state index contributed by atoms with van der Waals surface area (Å²) in [5, 5.41) is 11.5. The van der Waals surface area contributed by atoms with Gasteiger partial charge in [0.25, 0.3) is 5.91 Å². The van der Waals surface area contributed by atoms with E-state index in [-0.39, 0.29) is 17.9 Å². The molecule has 0 spiro atoms. The highest BCUT2D eigenvalue weighted by molar-refractivity contribution is 5.80. The van der Waals surface area contributed by atoms with Gasteiger partial charge >= 0.3 is 0 Å². The van der Waals surface area contributed by atoms with Gasteiger partial charge in [-0.15, -0.1) is 0 Å². The number of benzene rings is 1. The molecule has 1 rings (SSSR count). The molecule has 0 saturated carbocycles. The van der Waals surface area contributed by atoms with Crippen LogP contribution in [0.15, 0.2) is 24.3 Å². The average molecular weight is 293 g/mol. The van der Waals surface area contributed by atoms with E-state index in [4.69, 9.17) is 9.84 Å². The molecule has 0 saturated heterocycles. The van der Waals surface area contributed by atoms with E-state index in [1.165, 1.54) is 5.56 Å². The summed E-state index contributed by atoms with van der Waals surface area (Å²) >= 11 is 0. The number of aliphatic hydroxyl groups is 1. The van der Waals surface area contributed by atoms with Crippen LogP contribution in [-0.4, -0.2) is 30.3 Å². The number of carbonyl (C=O) groups is 1. The fraction of sp³-hybridized carbons (Fsp3) is 0.588. The Morgan fingerprint density at radius 2 is 2.05 bits per heavy atom. The van der Waals surface area contributed by atoms with E-state index in [0.717, 1.165) is 6.42 Å². The van der Waals surface area contributed by atoms with Crippen LogP contribution < -0.4 is 10.1 Å². The van der Waals surface area contributed by atoms with E-state index in [2.05, 4.69) is 32.2 Å². The molecule has 0 aliphatic rings. The Balaban J connectivity index is 2.54. The largest absolute Gasteiger partial charge is 0.481 e.